The van der Waals surface area contributed by atoms with Gasteiger partial charge < -0.3 is 19.7 Å². The van der Waals surface area contributed by atoms with Crippen LogP contribution in [0, 0.1) is 0 Å². The highest BCUT2D eigenvalue weighted by atomic mass is 32.2. The number of benzene rings is 2. The molecule has 3 rings (SSSR count). The maximum absolute atomic E-state index is 12.2. The van der Waals surface area contributed by atoms with E-state index in [1.807, 2.05) is 65.4 Å². The molecular weight excluding hydrogens is 386 g/mol. The number of amides is 1. The summed E-state index contributed by atoms with van der Waals surface area (Å²) in [4.78, 5) is 16.6. The first kappa shape index (κ1) is 21.0. The van der Waals surface area contributed by atoms with E-state index in [4.69, 9.17) is 4.74 Å². The van der Waals surface area contributed by atoms with Crippen molar-refractivity contribution >= 4 is 17.7 Å². The van der Waals surface area contributed by atoms with Crippen LogP contribution in [-0.4, -0.2) is 40.0 Å². The Morgan fingerprint density at radius 2 is 1.90 bits per heavy atom. The first-order valence-corrected chi connectivity index (χ1v) is 10.4. The van der Waals surface area contributed by atoms with E-state index in [2.05, 4.69) is 10.3 Å². The molecule has 0 atom stereocenters. The van der Waals surface area contributed by atoms with Crippen molar-refractivity contribution in [2.45, 2.75) is 24.7 Å². The predicted octanol–water partition coefficient (Wildman–Crippen LogP) is 2.88. The van der Waals surface area contributed by atoms with Crippen molar-refractivity contribution in [3.63, 3.8) is 0 Å². The van der Waals surface area contributed by atoms with Crippen LogP contribution < -0.4 is 10.1 Å². The molecule has 0 spiro atoms. The molecule has 2 N–H and O–H groups in total. The average molecular weight is 412 g/mol. The van der Waals surface area contributed by atoms with Crippen molar-refractivity contribution in [2.24, 2.45) is 0 Å². The third-order valence-electron chi connectivity index (χ3n) is 4.37. The smallest absolute Gasteiger partial charge is 0.230 e. The molecule has 0 aliphatic heterocycles. The summed E-state index contributed by atoms with van der Waals surface area (Å²) in [6.45, 7) is 1.08. The van der Waals surface area contributed by atoms with E-state index in [0.717, 1.165) is 17.7 Å². The van der Waals surface area contributed by atoms with Crippen molar-refractivity contribution in [2.75, 3.05) is 19.4 Å². The summed E-state index contributed by atoms with van der Waals surface area (Å²) in [5.74, 6) is 1.05. The van der Waals surface area contributed by atoms with Crippen molar-refractivity contribution in [1.82, 2.24) is 14.9 Å². The normalized spacial score (nSPS) is 10.7. The lowest BCUT2D eigenvalue weighted by Gasteiger charge is -2.09. The number of aliphatic hydroxyl groups excluding tert-OH is 1. The zero-order valence-electron chi connectivity index (χ0n) is 16.4. The summed E-state index contributed by atoms with van der Waals surface area (Å²) >= 11 is 1.37. The van der Waals surface area contributed by atoms with Crippen molar-refractivity contribution in [3.8, 4) is 5.75 Å². The number of aromatic nitrogens is 2. The van der Waals surface area contributed by atoms with Gasteiger partial charge in [0.25, 0.3) is 0 Å². The van der Waals surface area contributed by atoms with Crippen LogP contribution in [-0.2, 0) is 24.4 Å². The predicted molar refractivity (Wildman–Crippen MR) is 114 cm³/mol. The monoisotopic (exact) mass is 411 g/mol. The quantitative estimate of drug-likeness (QED) is 0.502. The third-order valence-corrected chi connectivity index (χ3v) is 5.37. The SMILES string of the molecule is COc1ccc(Cn2cc(CO)nc2SCC(=O)NCCc2ccccc2)cc1. The van der Waals surface area contributed by atoms with Crippen LogP contribution >= 0.6 is 11.8 Å². The molecule has 0 fully saturated rings. The van der Waals surface area contributed by atoms with Gasteiger partial charge in [0.1, 0.15) is 5.75 Å². The number of methoxy groups -OCH3 is 1. The van der Waals surface area contributed by atoms with Crippen molar-refractivity contribution in [1.29, 1.82) is 0 Å². The summed E-state index contributed by atoms with van der Waals surface area (Å²) in [5.41, 5.74) is 2.87. The van der Waals surface area contributed by atoms with Crippen LogP contribution in [0.4, 0.5) is 0 Å². The van der Waals surface area contributed by atoms with Gasteiger partial charge in [0.2, 0.25) is 5.91 Å². The van der Waals surface area contributed by atoms with Gasteiger partial charge in [-0.1, -0.05) is 54.2 Å². The van der Waals surface area contributed by atoms with Gasteiger partial charge in [-0.15, -0.1) is 0 Å². The van der Waals surface area contributed by atoms with Gasteiger partial charge in [-0.3, -0.25) is 4.79 Å². The summed E-state index contributed by atoms with van der Waals surface area (Å²) in [5, 5.41) is 13.1. The average Bonchev–Trinajstić information content (AvgIpc) is 3.15. The third kappa shape index (κ3) is 6.37. The van der Waals surface area contributed by atoms with E-state index in [1.165, 1.54) is 17.3 Å². The molecule has 0 bridgehead atoms. The van der Waals surface area contributed by atoms with Crippen LogP contribution in [0.1, 0.15) is 16.8 Å². The zero-order valence-corrected chi connectivity index (χ0v) is 17.2. The zero-order chi connectivity index (χ0) is 20.5. The van der Waals surface area contributed by atoms with E-state index in [-0.39, 0.29) is 18.3 Å². The highest BCUT2D eigenvalue weighted by Crippen LogP contribution is 2.20. The number of imidazole rings is 1. The lowest BCUT2D eigenvalue weighted by atomic mass is 10.1. The number of nitrogens with one attached hydrogen (secondary N) is 1. The molecular formula is C22H25N3O3S. The Kier molecular flexibility index (Phi) is 7.72. The van der Waals surface area contributed by atoms with Gasteiger partial charge in [-0.25, -0.2) is 4.98 Å². The lowest BCUT2D eigenvalue weighted by Crippen LogP contribution is -2.27. The van der Waals surface area contributed by atoms with E-state index in [9.17, 15) is 9.90 Å². The molecule has 2 aromatic carbocycles. The number of hydrogen-bond acceptors (Lipinski definition) is 5. The van der Waals surface area contributed by atoms with Crippen LogP contribution in [0.25, 0.3) is 0 Å². The minimum Gasteiger partial charge on any atom is -0.497 e. The van der Waals surface area contributed by atoms with Gasteiger partial charge >= 0.3 is 0 Å². The number of aliphatic hydroxyl groups is 1. The minimum atomic E-state index is -0.132. The number of carbonyl (C=O) groups is 1. The second-order valence-electron chi connectivity index (χ2n) is 6.52. The topological polar surface area (TPSA) is 76.4 Å². The van der Waals surface area contributed by atoms with Crippen LogP contribution in [0.5, 0.6) is 5.75 Å². The van der Waals surface area contributed by atoms with Gasteiger partial charge in [0.05, 0.1) is 25.2 Å². The Labute approximate surface area is 174 Å². The van der Waals surface area contributed by atoms with Gasteiger partial charge in [0, 0.05) is 19.3 Å². The van der Waals surface area contributed by atoms with E-state index < -0.39 is 0 Å². The molecule has 0 saturated heterocycles. The summed E-state index contributed by atoms with van der Waals surface area (Å²) in [7, 11) is 1.64. The standard InChI is InChI=1S/C22H25N3O3S/c1-28-20-9-7-18(8-10-20)13-25-14-19(15-26)24-22(25)29-16-21(27)23-12-11-17-5-3-2-4-6-17/h2-10,14,26H,11-13,15-16H2,1H3,(H,23,27). The molecule has 1 amide bonds. The lowest BCUT2D eigenvalue weighted by molar-refractivity contribution is -0.118. The Hall–Kier alpha value is -2.77. The Morgan fingerprint density at radius 3 is 2.59 bits per heavy atom. The summed E-state index contributed by atoms with van der Waals surface area (Å²) in [6, 6.07) is 17.9. The van der Waals surface area contributed by atoms with Crippen LogP contribution in [0.3, 0.4) is 0 Å². The molecule has 29 heavy (non-hydrogen) atoms. The van der Waals surface area contributed by atoms with E-state index in [1.54, 1.807) is 7.11 Å². The maximum atomic E-state index is 12.2. The summed E-state index contributed by atoms with van der Waals surface area (Å²) < 4.78 is 7.14. The molecule has 3 aromatic rings. The highest BCUT2D eigenvalue weighted by Gasteiger charge is 2.11. The van der Waals surface area contributed by atoms with E-state index >= 15 is 0 Å². The summed E-state index contributed by atoms with van der Waals surface area (Å²) in [6.07, 6.45) is 2.62. The molecule has 0 aliphatic rings. The molecule has 1 aromatic heterocycles. The molecule has 1 heterocycles. The van der Waals surface area contributed by atoms with Crippen LogP contribution in [0.15, 0.2) is 66.0 Å². The van der Waals surface area contributed by atoms with E-state index in [0.29, 0.717) is 23.9 Å². The van der Waals surface area contributed by atoms with Crippen molar-refractivity contribution in [3.05, 3.63) is 77.6 Å². The largest absolute Gasteiger partial charge is 0.497 e. The van der Waals surface area contributed by atoms with Gasteiger partial charge in [0.15, 0.2) is 5.16 Å². The molecule has 7 heteroatoms. The Bertz CT molecular complexity index is 911. The first-order valence-electron chi connectivity index (χ1n) is 9.41. The number of nitrogens with zero attached hydrogens (tertiary/aromatic N) is 2. The number of thioether (sulfide) groups is 1. The van der Waals surface area contributed by atoms with Crippen LogP contribution in [0.2, 0.25) is 0 Å². The first-order chi connectivity index (χ1) is 14.2. The second-order valence-corrected chi connectivity index (χ2v) is 7.47. The molecule has 152 valence electrons. The number of ether oxygens (including phenoxy) is 1. The fourth-order valence-corrected chi connectivity index (χ4v) is 3.68. The Morgan fingerprint density at radius 1 is 1.14 bits per heavy atom. The fourth-order valence-electron chi connectivity index (χ4n) is 2.86. The minimum absolute atomic E-state index is 0.0320. The van der Waals surface area contributed by atoms with Gasteiger partial charge in [-0.05, 0) is 29.7 Å². The molecule has 6 nitrogen and oxygen atoms in total. The van der Waals surface area contributed by atoms with Gasteiger partial charge in [-0.2, -0.15) is 0 Å². The number of rotatable bonds is 10. The molecule has 0 saturated carbocycles. The molecule has 0 aliphatic carbocycles. The second kappa shape index (κ2) is 10.7. The fraction of sp³-hybridized carbons (Fsp3) is 0.273. The molecule has 0 unspecified atom stereocenters. The Balaban J connectivity index is 1.54. The van der Waals surface area contributed by atoms with Crippen molar-refractivity contribution < 1.29 is 14.6 Å². The highest BCUT2D eigenvalue weighted by molar-refractivity contribution is 7.99. The molecule has 0 radical (unpaired) electrons. The number of hydrogen-bond donors (Lipinski definition) is 2. The maximum Gasteiger partial charge on any atom is 0.230 e. The number of carbonyl (C=O) groups excluding carboxylic acids is 1.